The number of amides is 1. The lowest BCUT2D eigenvalue weighted by Gasteiger charge is -2.37. The Hall–Kier alpha value is -2.06. The first-order valence-corrected chi connectivity index (χ1v) is 6.11. The van der Waals surface area contributed by atoms with E-state index in [1.807, 2.05) is 12.1 Å². The maximum absolute atomic E-state index is 11.8. The summed E-state index contributed by atoms with van der Waals surface area (Å²) < 4.78 is 10.9. The van der Waals surface area contributed by atoms with Crippen molar-refractivity contribution in [3.8, 4) is 11.8 Å². The van der Waals surface area contributed by atoms with E-state index in [1.54, 1.807) is 19.9 Å². The Labute approximate surface area is 111 Å². The molecule has 0 saturated carbocycles. The predicted octanol–water partition coefficient (Wildman–Crippen LogP) is 1.59. The number of hydrogen-bond donors (Lipinski definition) is 1. The number of fused-ring (bicyclic) bond motifs is 1. The molecule has 5 nitrogen and oxygen atoms in total. The van der Waals surface area contributed by atoms with Crippen molar-refractivity contribution in [1.29, 1.82) is 5.26 Å². The number of anilines is 1. The second-order valence-corrected chi connectivity index (χ2v) is 5.46. The number of benzene rings is 1. The van der Waals surface area contributed by atoms with Crippen molar-refractivity contribution in [3.63, 3.8) is 0 Å². The largest absolute Gasteiger partial charge is 0.476 e. The first-order valence-electron chi connectivity index (χ1n) is 6.11. The zero-order valence-electron chi connectivity index (χ0n) is 10.8. The summed E-state index contributed by atoms with van der Waals surface area (Å²) in [6.45, 7) is 4.23. The predicted molar refractivity (Wildman–Crippen MR) is 67.9 cm³/mol. The summed E-state index contributed by atoms with van der Waals surface area (Å²) in [4.78, 5) is 11.8. The third-order valence-corrected chi connectivity index (χ3v) is 3.61. The number of nitrogens with zero attached hydrogens (tertiary/aromatic N) is 1. The summed E-state index contributed by atoms with van der Waals surface area (Å²) in [7, 11) is 0. The molecule has 2 heterocycles. The molecule has 0 bridgehead atoms. The number of hydrogen-bond acceptors (Lipinski definition) is 4. The van der Waals surface area contributed by atoms with E-state index < -0.39 is 11.0 Å². The Morgan fingerprint density at radius 2 is 2.11 bits per heavy atom. The summed E-state index contributed by atoms with van der Waals surface area (Å²) in [5.41, 5.74) is 0.0271. The van der Waals surface area contributed by atoms with Gasteiger partial charge in [-0.2, -0.15) is 5.26 Å². The van der Waals surface area contributed by atoms with Gasteiger partial charge in [-0.1, -0.05) is 6.07 Å². The van der Waals surface area contributed by atoms with Crippen LogP contribution in [0.2, 0.25) is 0 Å². The second kappa shape index (κ2) is 3.72. The third kappa shape index (κ3) is 1.68. The molecule has 2 aliphatic rings. The second-order valence-electron chi connectivity index (χ2n) is 5.46. The molecule has 0 aliphatic carbocycles. The van der Waals surface area contributed by atoms with Crippen LogP contribution in [0.4, 0.5) is 5.69 Å². The van der Waals surface area contributed by atoms with E-state index in [-0.39, 0.29) is 5.91 Å². The molecule has 1 amide bonds. The van der Waals surface area contributed by atoms with Crippen LogP contribution in [0.1, 0.15) is 19.4 Å². The zero-order valence-corrected chi connectivity index (χ0v) is 10.8. The van der Waals surface area contributed by atoms with Gasteiger partial charge in [0, 0.05) is 0 Å². The molecular formula is C14H14N2O3. The molecule has 2 aliphatic heterocycles. The van der Waals surface area contributed by atoms with Gasteiger partial charge in [-0.05, 0) is 31.5 Å². The van der Waals surface area contributed by atoms with E-state index in [9.17, 15) is 10.1 Å². The Bertz CT molecular complexity index is 597. The third-order valence-electron chi connectivity index (χ3n) is 3.61. The van der Waals surface area contributed by atoms with Gasteiger partial charge in [0.1, 0.15) is 11.2 Å². The van der Waals surface area contributed by atoms with Crippen molar-refractivity contribution in [2.75, 3.05) is 18.5 Å². The van der Waals surface area contributed by atoms with Crippen molar-refractivity contribution in [2.24, 2.45) is 0 Å². The number of nitrogens with one attached hydrogen (secondary N) is 1. The SMILES string of the molecule is CC1(C)Oc2cc(C3(C#N)COC3)ccc2NC1=O. The van der Waals surface area contributed by atoms with E-state index in [0.717, 1.165) is 5.56 Å². The molecule has 1 saturated heterocycles. The van der Waals surface area contributed by atoms with Crippen molar-refractivity contribution < 1.29 is 14.3 Å². The average Bonchev–Trinajstić information content (AvgIpc) is 2.30. The van der Waals surface area contributed by atoms with Gasteiger partial charge in [0.05, 0.1) is 25.0 Å². The molecule has 0 unspecified atom stereocenters. The van der Waals surface area contributed by atoms with Crippen molar-refractivity contribution in [2.45, 2.75) is 24.9 Å². The van der Waals surface area contributed by atoms with Crippen LogP contribution < -0.4 is 10.1 Å². The Balaban J connectivity index is 2.02. The van der Waals surface area contributed by atoms with Crippen LogP contribution in [-0.4, -0.2) is 24.7 Å². The molecular weight excluding hydrogens is 244 g/mol. The Morgan fingerprint density at radius 3 is 2.68 bits per heavy atom. The highest BCUT2D eigenvalue weighted by Gasteiger charge is 2.42. The van der Waals surface area contributed by atoms with Gasteiger partial charge < -0.3 is 14.8 Å². The van der Waals surface area contributed by atoms with Crippen LogP contribution in [-0.2, 0) is 14.9 Å². The normalized spacial score (nSPS) is 22.3. The zero-order chi connectivity index (χ0) is 13.7. The van der Waals surface area contributed by atoms with Gasteiger partial charge in [0.15, 0.2) is 5.60 Å². The van der Waals surface area contributed by atoms with Crippen molar-refractivity contribution >= 4 is 11.6 Å². The highest BCUT2D eigenvalue weighted by atomic mass is 16.5. The van der Waals surface area contributed by atoms with Crippen LogP contribution >= 0.6 is 0 Å². The van der Waals surface area contributed by atoms with E-state index in [1.165, 1.54) is 0 Å². The lowest BCUT2D eigenvalue weighted by atomic mass is 9.80. The monoisotopic (exact) mass is 258 g/mol. The average molecular weight is 258 g/mol. The van der Waals surface area contributed by atoms with Gasteiger partial charge >= 0.3 is 0 Å². The fourth-order valence-corrected chi connectivity index (χ4v) is 2.20. The summed E-state index contributed by atoms with van der Waals surface area (Å²) in [5, 5.41) is 12.1. The summed E-state index contributed by atoms with van der Waals surface area (Å²) in [6.07, 6.45) is 0. The number of nitriles is 1. The maximum Gasteiger partial charge on any atom is 0.268 e. The van der Waals surface area contributed by atoms with E-state index in [2.05, 4.69) is 11.4 Å². The maximum atomic E-state index is 11.8. The molecule has 0 atom stereocenters. The number of carbonyl (C=O) groups is 1. The highest BCUT2D eigenvalue weighted by molar-refractivity contribution is 6.00. The van der Waals surface area contributed by atoms with Crippen LogP contribution in [0.3, 0.4) is 0 Å². The molecule has 1 fully saturated rings. The fourth-order valence-electron chi connectivity index (χ4n) is 2.20. The van der Waals surface area contributed by atoms with Crippen LogP contribution in [0.5, 0.6) is 5.75 Å². The minimum Gasteiger partial charge on any atom is -0.476 e. The molecule has 1 aromatic rings. The first kappa shape index (κ1) is 12.0. The summed E-state index contributed by atoms with van der Waals surface area (Å²) >= 11 is 0. The Kier molecular flexibility index (Phi) is 2.35. The molecule has 1 N–H and O–H groups in total. The Morgan fingerprint density at radius 1 is 1.37 bits per heavy atom. The summed E-state index contributed by atoms with van der Waals surface area (Å²) in [5.74, 6) is 0.429. The number of ether oxygens (including phenoxy) is 2. The van der Waals surface area contributed by atoms with Gasteiger partial charge in [-0.15, -0.1) is 0 Å². The van der Waals surface area contributed by atoms with Gasteiger partial charge in [-0.3, -0.25) is 4.79 Å². The van der Waals surface area contributed by atoms with E-state index in [0.29, 0.717) is 24.7 Å². The topological polar surface area (TPSA) is 71.3 Å². The standard InChI is InChI=1S/C14H14N2O3/c1-13(2)12(17)16-10-4-3-9(5-11(10)19-13)14(6-15)7-18-8-14/h3-5H,7-8H2,1-2H3,(H,16,17). The molecule has 0 radical (unpaired) electrons. The summed E-state index contributed by atoms with van der Waals surface area (Å²) in [6, 6.07) is 7.73. The minimum atomic E-state index is -0.901. The van der Waals surface area contributed by atoms with Crippen LogP contribution in [0, 0.1) is 11.3 Å². The van der Waals surface area contributed by atoms with E-state index >= 15 is 0 Å². The van der Waals surface area contributed by atoms with E-state index in [4.69, 9.17) is 9.47 Å². The number of rotatable bonds is 1. The van der Waals surface area contributed by atoms with Crippen LogP contribution in [0.15, 0.2) is 18.2 Å². The lowest BCUT2D eigenvalue weighted by Crippen LogP contribution is -2.47. The fraction of sp³-hybridized carbons (Fsp3) is 0.429. The van der Waals surface area contributed by atoms with Crippen molar-refractivity contribution in [1.82, 2.24) is 0 Å². The van der Waals surface area contributed by atoms with Gasteiger partial charge in [0.25, 0.3) is 5.91 Å². The van der Waals surface area contributed by atoms with Crippen LogP contribution in [0.25, 0.3) is 0 Å². The molecule has 0 spiro atoms. The molecule has 5 heteroatoms. The minimum absolute atomic E-state index is 0.172. The molecule has 3 rings (SSSR count). The number of carbonyl (C=O) groups excluding carboxylic acids is 1. The first-order chi connectivity index (χ1) is 8.97. The smallest absolute Gasteiger partial charge is 0.268 e. The molecule has 1 aromatic carbocycles. The van der Waals surface area contributed by atoms with Gasteiger partial charge in [0.2, 0.25) is 0 Å². The molecule has 98 valence electrons. The highest BCUT2D eigenvalue weighted by Crippen LogP contribution is 2.39. The molecule has 19 heavy (non-hydrogen) atoms. The van der Waals surface area contributed by atoms with Gasteiger partial charge in [-0.25, -0.2) is 0 Å². The quantitative estimate of drug-likeness (QED) is 0.830. The van der Waals surface area contributed by atoms with Crippen molar-refractivity contribution in [3.05, 3.63) is 23.8 Å². The lowest BCUT2D eigenvalue weighted by molar-refractivity contribution is -0.129. The molecule has 0 aromatic heterocycles.